The number of amides is 3. The number of aliphatic hydroxyl groups excluding tert-OH is 1. The minimum absolute atomic E-state index is 0.0157. The van der Waals surface area contributed by atoms with Gasteiger partial charge in [-0.25, -0.2) is 0 Å². The first-order chi connectivity index (χ1) is 17.3. The van der Waals surface area contributed by atoms with Crippen molar-refractivity contribution in [2.24, 2.45) is 11.8 Å². The van der Waals surface area contributed by atoms with Crippen LogP contribution in [-0.4, -0.2) is 77.8 Å². The summed E-state index contributed by atoms with van der Waals surface area (Å²) in [6.07, 6.45) is 2.52. The lowest BCUT2D eigenvalue weighted by atomic mass is 9.65. The van der Waals surface area contributed by atoms with E-state index in [1.54, 1.807) is 0 Å². The lowest BCUT2D eigenvalue weighted by molar-refractivity contribution is -0.146. The molecule has 9 heteroatoms. The molecular weight excluding hydrogens is 460 g/mol. The van der Waals surface area contributed by atoms with E-state index in [1.165, 1.54) is 4.90 Å². The highest BCUT2D eigenvalue weighted by atomic mass is 16.5. The van der Waals surface area contributed by atoms with Crippen LogP contribution in [-0.2, 0) is 19.1 Å². The van der Waals surface area contributed by atoms with Gasteiger partial charge in [0.15, 0.2) is 0 Å². The van der Waals surface area contributed by atoms with Gasteiger partial charge in [-0.05, 0) is 63.8 Å². The number of nitrogens with zero attached hydrogens (tertiary/aromatic N) is 2. The summed E-state index contributed by atoms with van der Waals surface area (Å²) < 4.78 is 6.66. The van der Waals surface area contributed by atoms with Crippen molar-refractivity contribution >= 4 is 29.1 Å². The molecule has 2 bridgehead atoms. The number of hydrogen-bond donors (Lipinski definition) is 3. The lowest BCUT2D eigenvalue weighted by Gasteiger charge is -2.33. The van der Waals surface area contributed by atoms with Crippen molar-refractivity contribution in [3.63, 3.8) is 0 Å². The number of nitrogens with one attached hydrogen (secondary N) is 2. The second kappa shape index (κ2) is 10.4. The zero-order valence-electron chi connectivity index (χ0n) is 21.9. The normalized spacial score (nSPS) is 30.4. The smallest absolute Gasteiger partial charge is 0.250 e. The van der Waals surface area contributed by atoms with Crippen LogP contribution < -0.4 is 15.5 Å². The van der Waals surface area contributed by atoms with Crippen LogP contribution in [0.15, 0.2) is 24.3 Å². The monoisotopic (exact) mass is 500 g/mol. The number of fused-ring (bicyclic) bond motifs is 1. The van der Waals surface area contributed by atoms with Gasteiger partial charge in [-0.3, -0.25) is 14.4 Å². The maximum atomic E-state index is 13.8. The van der Waals surface area contributed by atoms with E-state index in [2.05, 4.69) is 29.4 Å². The molecule has 1 aromatic rings. The maximum absolute atomic E-state index is 13.8. The number of β-amino-alcohol motifs (C(OH)–C–C–N with tert-alkyl or cyclic N) is 1. The summed E-state index contributed by atoms with van der Waals surface area (Å²) in [7, 11) is 0. The van der Waals surface area contributed by atoms with Crippen molar-refractivity contribution in [1.82, 2.24) is 10.2 Å². The number of hydrogen-bond acceptors (Lipinski definition) is 6. The highest BCUT2D eigenvalue weighted by Crippen LogP contribution is 2.64. The molecule has 198 valence electrons. The lowest BCUT2D eigenvalue weighted by Crippen LogP contribution is -2.53. The van der Waals surface area contributed by atoms with Crippen LogP contribution in [0.1, 0.15) is 53.4 Å². The SMILES string of the molecule is CCCNC(=O)[C@H]1[C@H]2C(=O)N(CCO)C(C(=O)Nc3ccc(N(CC)CC)cc3)C23CC[C@]1(CC)O3. The molecule has 1 aromatic carbocycles. The number of carbonyl (C=O) groups is 3. The minimum atomic E-state index is -1.08. The highest BCUT2D eigenvalue weighted by molar-refractivity contribution is 6.03. The third-order valence-corrected chi connectivity index (χ3v) is 8.37. The Kier molecular flexibility index (Phi) is 7.61. The van der Waals surface area contributed by atoms with E-state index >= 15 is 0 Å². The van der Waals surface area contributed by atoms with Crippen LogP contribution in [0, 0.1) is 11.8 Å². The van der Waals surface area contributed by atoms with Crippen LogP contribution >= 0.6 is 0 Å². The first-order valence-electron chi connectivity index (χ1n) is 13.4. The van der Waals surface area contributed by atoms with Gasteiger partial charge in [0.2, 0.25) is 17.7 Å². The fraction of sp³-hybridized carbons (Fsp3) is 0.667. The highest BCUT2D eigenvalue weighted by Gasteiger charge is 2.78. The summed E-state index contributed by atoms with van der Waals surface area (Å²) in [6.45, 7) is 10.2. The van der Waals surface area contributed by atoms with Crippen molar-refractivity contribution in [3.05, 3.63) is 24.3 Å². The molecule has 3 N–H and O–H groups in total. The van der Waals surface area contributed by atoms with E-state index < -0.39 is 29.1 Å². The Morgan fingerprint density at radius 1 is 1.11 bits per heavy atom. The summed E-state index contributed by atoms with van der Waals surface area (Å²) >= 11 is 0. The van der Waals surface area contributed by atoms with Gasteiger partial charge in [0.25, 0.3) is 0 Å². The van der Waals surface area contributed by atoms with Gasteiger partial charge in [0.05, 0.1) is 24.0 Å². The standard InChI is InChI=1S/C27H40N4O5/c1-5-15-28-23(33)20-21-25(35)31(16-17-32)22(27(21)14-13-26(20,6-2)36-27)24(34)29-18-9-11-19(12-10-18)30(7-3)8-4/h9-12,20-22,32H,5-8,13-17H2,1-4H3,(H,28,33)(H,29,34)/t20-,21+,22?,26+,27?/m1/s1. The fourth-order valence-electron chi connectivity index (χ4n) is 6.68. The molecule has 3 aliphatic heterocycles. The Morgan fingerprint density at radius 3 is 2.39 bits per heavy atom. The Bertz CT molecular complexity index is 981. The molecular formula is C27H40N4O5. The van der Waals surface area contributed by atoms with Gasteiger partial charge in [-0.1, -0.05) is 13.8 Å². The van der Waals surface area contributed by atoms with Crippen molar-refractivity contribution < 1.29 is 24.2 Å². The molecule has 0 saturated carbocycles. The third kappa shape index (κ3) is 4.06. The topological polar surface area (TPSA) is 111 Å². The van der Waals surface area contributed by atoms with E-state index in [0.29, 0.717) is 31.5 Å². The van der Waals surface area contributed by atoms with Crippen molar-refractivity contribution in [2.45, 2.75) is 70.6 Å². The molecule has 2 unspecified atom stereocenters. The van der Waals surface area contributed by atoms with Crippen LogP contribution in [0.2, 0.25) is 0 Å². The molecule has 0 aliphatic carbocycles. The van der Waals surface area contributed by atoms with Gasteiger partial charge in [0, 0.05) is 37.6 Å². The van der Waals surface area contributed by atoms with Crippen LogP contribution in [0.25, 0.3) is 0 Å². The molecule has 3 fully saturated rings. The predicted molar refractivity (Wildman–Crippen MR) is 138 cm³/mol. The number of carbonyl (C=O) groups excluding carboxylic acids is 3. The van der Waals surface area contributed by atoms with Crippen molar-refractivity contribution in [1.29, 1.82) is 0 Å². The first-order valence-corrected chi connectivity index (χ1v) is 13.4. The number of ether oxygens (including phenoxy) is 1. The van der Waals surface area contributed by atoms with Crippen molar-refractivity contribution in [3.8, 4) is 0 Å². The number of benzene rings is 1. The molecule has 0 aromatic heterocycles. The summed E-state index contributed by atoms with van der Waals surface area (Å²) in [5.41, 5.74) is -0.143. The van der Waals surface area contributed by atoms with Crippen LogP contribution in [0.3, 0.4) is 0 Å². The maximum Gasteiger partial charge on any atom is 0.250 e. The van der Waals surface area contributed by atoms with Crippen LogP contribution in [0.5, 0.6) is 0 Å². The summed E-state index contributed by atoms with van der Waals surface area (Å²) in [5.74, 6) is -2.21. The van der Waals surface area contributed by atoms with E-state index in [1.807, 2.05) is 38.1 Å². The fourth-order valence-corrected chi connectivity index (χ4v) is 6.68. The Morgan fingerprint density at radius 2 is 1.81 bits per heavy atom. The summed E-state index contributed by atoms with van der Waals surface area (Å²) in [6, 6.07) is 6.73. The molecule has 0 radical (unpaired) electrons. The quantitative estimate of drug-likeness (QED) is 0.429. The van der Waals surface area contributed by atoms with Gasteiger partial charge >= 0.3 is 0 Å². The minimum Gasteiger partial charge on any atom is -0.395 e. The van der Waals surface area contributed by atoms with Crippen molar-refractivity contribution in [2.75, 3.05) is 43.0 Å². The number of anilines is 2. The molecule has 3 saturated heterocycles. The molecule has 3 amide bonds. The number of aliphatic hydroxyl groups is 1. The molecule has 4 rings (SSSR count). The zero-order valence-corrected chi connectivity index (χ0v) is 21.9. The van der Waals surface area contributed by atoms with E-state index in [0.717, 1.165) is 25.2 Å². The zero-order chi connectivity index (χ0) is 26.1. The molecule has 36 heavy (non-hydrogen) atoms. The summed E-state index contributed by atoms with van der Waals surface area (Å²) in [4.78, 5) is 44.4. The van der Waals surface area contributed by atoms with Gasteiger partial charge < -0.3 is 30.3 Å². The molecule has 3 heterocycles. The largest absolute Gasteiger partial charge is 0.395 e. The summed E-state index contributed by atoms with van der Waals surface area (Å²) in [5, 5.41) is 15.7. The molecule has 9 nitrogen and oxygen atoms in total. The molecule has 3 aliphatic rings. The average Bonchev–Trinajstić information content (AvgIpc) is 3.48. The van der Waals surface area contributed by atoms with Gasteiger partial charge in [-0.2, -0.15) is 0 Å². The van der Waals surface area contributed by atoms with E-state index in [4.69, 9.17) is 4.74 Å². The van der Waals surface area contributed by atoms with Crippen LogP contribution in [0.4, 0.5) is 11.4 Å². The Labute approximate surface area is 213 Å². The second-order valence-electron chi connectivity index (χ2n) is 10.1. The van der Waals surface area contributed by atoms with Gasteiger partial charge in [0.1, 0.15) is 11.6 Å². The molecule has 1 spiro atoms. The number of rotatable bonds is 11. The average molecular weight is 501 g/mol. The third-order valence-electron chi connectivity index (χ3n) is 8.37. The number of likely N-dealkylation sites (tertiary alicyclic amines) is 1. The predicted octanol–water partition coefficient (Wildman–Crippen LogP) is 2.14. The molecule has 5 atom stereocenters. The second-order valence-corrected chi connectivity index (χ2v) is 10.1. The Balaban J connectivity index is 1.64. The first kappa shape index (κ1) is 26.4. The van der Waals surface area contributed by atoms with E-state index in [-0.39, 0.29) is 30.9 Å². The Hall–Kier alpha value is -2.65. The van der Waals surface area contributed by atoms with Gasteiger partial charge in [-0.15, -0.1) is 0 Å². The van der Waals surface area contributed by atoms with E-state index in [9.17, 15) is 19.5 Å².